The number of hydrogen-bond donors (Lipinski definition) is 2. The molecule has 0 bridgehead atoms. The molecule has 1 saturated carbocycles. The van der Waals surface area contributed by atoms with Gasteiger partial charge in [-0.2, -0.15) is 0 Å². The molecule has 94 valence electrons. The van der Waals surface area contributed by atoms with Crippen LogP contribution in [-0.2, 0) is 4.79 Å². The van der Waals surface area contributed by atoms with Crippen LogP contribution in [0.3, 0.4) is 0 Å². The van der Waals surface area contributed by atoms with Crippen molar-refractivity contribution in [2.45, 2.75) is 58.4 Å². The van der Waals surface area contributed by atoms with Gasteiger partial charge in [-0.15, -0.1) is 0 Å². The molecule has 0 heterocycles. The van der Waals surface area contributed by atoms with Gasteiger partial charge in [-0.3, -0.25) is 4.79 Å². The minimum Gasteiger partial charge on any atom is -0.349 e. The van der Waals surface area contributed by atoms with Gasteiger partial charge in [0.1, 0.15) is 0 Å². The van der Waals surface area contributed by atoms with E-state index < -0.39 is 0 Å². The molecule has 1 unspecified atom stereocenters. The lowest BCUT2D eigenvalue weighted by atomic mass is 9.81. The quantitative estimate of drug-likeness (QED) is 0.771. The Bertz CT molecular complexity index is 232. The molecule has 1 aliphatic carbocycles. The lowest BCUT2D eigenvalue weighted by molar-refractivity contribution is -0.128. The van der Waals surface area contributed by atoms with Crippen molar-refractivity contribution in [3.8, 4) is 0 Å². The molecule has 1 amide bonds. The van der Waals surface area contributed by atoms with Crippen molar-refractivity contribution >= 4 is 5.91 Å². The molecule has 0 aromatic heterocycles. The van der Waals surface area contributed by atoms with Crippen molar-refractivity contribution in [1.29, 1.82) is 0 Å². The van der Waals surface area contributed by atoms with Crippen LogP contribution < -0.4 is 11.1 Å². The molecule has 0 radical (unpaired) electrons. The maximum Gasteiger partial charge on any atom is 0.223 e. The van der Waals surface area contributed by atoms with Crippen molar-refractivity contribution < 1.29 is 4.79 Å². The van der Waals surface area contributed by atoms with Gasteiger partial charge in [-0.1, -0.05) is 40.0 Å². The smallest absolute Gasteiger partial charge is 0.223 e. The van der Waals surface area contributed by atoms with Gasteiger partial charge in [-0.25, -0.2) is 0 Å². The predicted molar refractivity (Wildman–Crippen MR) is 67.0 cm³/mol. The summed E-state index contributed by atoms with van der Waals surface area (Å²) in [7, 11) is 0. The highest BCUT2D eigenvalue weighted by Crippen LogP contribution is 2.28. The third kappa shape index (κ3) is 3.21. The summed E-state index contributed by atoms with van der Waals surface area (Å²) in [4.78, 5) is 12.1. The van der Waals surface area contributed by atoms with E-state index >= 15 is 0 Å². The number of nitrogens with two attached hydrogens (primary N) is 1. The summed E-state index contributed by atoms with van der Waals surface area (Å²) < 4.78 is 0. The molecule has 0 aliphatic heterocycles. The highest BCUT2D eigenvalue weighted by atomic mass is 16.2. The SMILES string of the molecule is CC(C)C(C)C(=O)NC1(CN)CCCCC1. The summed E-state index contributed by atoms with van der Waals surface area (Å²) in [6.45, 7) is 6.73. The van der Waals surface area contributed by atoms with Crippen LogP contribution in [0.2, 0.25) is 0 Å². The molecule has 0 spiro atoms. The summed E-state index contributed by atoms with van der Waals surface area (Å²) in [5, 5.41) is 3.20. The standard InChI is InChI=1S/C13H26N2O/c1-10(2)11(3)12(16)15-13(9-14)7-5-4-6-8-13/h10-11H,4-9,14H2,1-3H3,(H,15,16). The van der Waals surface area contributed by atoms with Gasteiger partial charge >= 0.3 is 0 Å². The van der Waals surface area contributed by atoms with E-state index in [0.717, 1.165) is 12.8 Å². The Labute approximate surface area is 99.2 Å². The van der Waals surface area contributed by atoms with Gasteiger partial charge in [-0.05, 0) is 18.8 Å². The lowest BCUT2D eigenvalue weighted by Gasteiger charge is -2.38. The van der Waals surface area contributed by atoms with Gasteiger partial charge in [0.05, 0.1) is 5.54 Å². The minimum atomic E-state index is -0.113. The van der Waals surface area contributed by atoms with Crippen LogP contribution in [0.15, 0.2) is 0 Å². The number of carbonyl (C=O) groups is 1. The number of nitrogens with one attached hydrogen (secondary N) is 1. The van der Waals surface area contributed by atoms with Crippen LogP contribution in [0.4, 0.5) is 0 Å². The zero-order valence-electron chi connectivity index (χ0n) is 10.9. The zero-order chi connectivity index (χ0) is 12.2. The first-order chi connectivity index (χ1) is 7.51. The number of rotatable bonds is 4. The van der Waals surface area contributed by atoms with Crippen molar-refractivity contribution in [3.05, 3.63) is 0 Å². The molecule has 16 heavy (non-hydrogen) atoms. The Morgan fingerprint density at radius 3 is 2.25 bits per heavy atom. The number of amides is 1. The summed E-state index contributed by atoms with van der Waals surface area (Å²) in [5.74, 6) is 0.631. The number of hydrogen-bond acceptors (Lipinski definition) is 2. The van der Waals surface area contributed by atoms with Crippen LogP contribution in [0.25, 0.3) is 0 Å². The van der Waals surface area contributed by atoms with Gasteiger partial charge in [0, 0.05) is 12.5 Å². The average molecular weight is 226 g/mol. The Balaban J connectivity index is 2.58. The van der Waals surface area contributed by atoms with Crippen LogP contribution in [0.5, 0.6) is 0 Å². The van der Waals surface area contributed by atoms with Crippen LogP contribution in [0, 0.1) is 11.8 Å². The number of carbonyl (C=O) groups excluding carboxylic acids is 1. The van der Waals surface area contributed by atoms with Crippen LogP contribution in [-0.4, -0.2) is 18.0 Å². The molecule has 0 saturated heterocycles. The molecule has 3 heteroatoms. The van der Waals surface area contributed by atoms with E-state index in [9.17, 15) is 4.79 Å². The second kappa shape index (κ2) is 5.67. The van der Waals surface area contributed by atoms with E-state index in [1.165, 1.54) is 19.3 Å². The second-order valence-electron chi connectivity index (χ2n) is 5.57. The average Bonchev–Trinajstić information content (AvgIpc) is 2.29. The molecule has 3 nitrogen and oxygen atoms in total. The van der Waals surface area contributed by atoms with Crippen LogP contribution in [0.1, 0.15) is 52.9 Å². The third-order valence-electron chi connectivity index (χ3n) is 4.00. The fourth-order valence-corrected chi connectivity index (χ4v) is 2.29. The van der Waals surface area contributed by atoms with E-state index in [-0.39, 0.29) is 17.4 Å². The highest BCUT2D eigenvalue weighted by Gasteiger charge is 2.33. The fourth-order valence-electron chi connectivity index (χ4n) is 2.29. The zero-order valence-corrected chi connectivity index (χ0v) is 10.9. The van der Waals surface area contributed by atoms with E-state index in [1.807, 2.05) is 6.92 Å². The molecule has 1 aliphatic rings. The monoisotopic (exact) mass is 226 g/mol. The fraction of sp³-hybridized carbons (Fsp3) is 0.923. The van der Waals surface area contributed by atoms with E-state index in [1.54, 1.807) is 0 Å². The second-order valence-corrected chi connectivity index (χ2v) is 5.57. The third-order valence-corrected chi connectivity index (χ3v) is 4.00. The predicted octanol–water partition coefficient (Wildman–Crippen LogP) is 2.06. The largest absolute Gasteiger partial charge is 0.349 e. The lowest BCUT2D eigenvalue weighted by Crippen LogP contribution is -2.56. The molecule has 3 N–H and O–H groups in total. The molecular formula is C13H26N2O. The summed E-state index contributed by atoms with van der Waals surface area (Å²) in [5.41, 5.74) is 5.74. The highest BCUT2D eigenvalue weighted by molar-refractivity contribution is 5.79. The Hall–Kier alpha value is -0.570. The molecule has 1 atom stereocenters. The molecule has 1 rings (SSSR count). The molecule has 0 aromatic carbocycles. The van der Waals surface area contributed by atoms with E-state index in [2.05, 4.69) is 19.2 Å². The molecule has 0 aromatic rings. The van der Waals surface area contributed by atoms with Crippen molar-refractivity contribution in [1.82, 2.24) is 5.32 Å². The van der Waals surface area contributed by atoms with Gasteiger partial charge < -0.3 is 11.1 Å². The maximum atomic E-state index is 12.1. The Morgan fingerprint density at radius 2 is 1.81 bits per heavy atom. The Morgan fingerprint density at radius 1 is 1.25 bits per heavy atom. The van der Waals surface area contributed by atoms with Gasteiger partial charge in [0.15, 0.2) is 0 Å². The van der Waals surface area contributed by atoms with Crippen LogP contribution >= 0.6 is 0 Å². The molecule has 1 fully saturated rings. The minimum absolute atomic E-state index is 0.0744. The van der Waals surface area contributed by atoms with Crippen molar-refractivity contribution in [3.63, 3.8) is 0 Å². The van der Waals surface area contributed by atoms with E-state index in [4.69, 9.17) is 5.73 Å². The molecular weight excluding hydrogens is 200 g/mol. The van der Waals surface area contributed by atoms with Crippen molar-refractivity contribution in [2.75, 3.05) is 6.54 Å². The summed E-state index contributed by atoms with van der Waals surface area (Å²) in [6, 6.07) is 0. The van der Waals surface area contributed by atoms with Gasteiger partial charge in [0.2, 0.25) is 5.91 Å². The summed E-state index contributed by atoms with van der Waals surface area (Å²) >= 11 is 0. The maximum absolute atomic E-state index is 12.1. The van der Waals surface area contributed by atoms with Gasteiger partial charge in [0.25, 0.3) is 0 Å². The summed E-state index contributed by atoms with van der Waals surface area (Å²) in [6.07, 6.45) is 5.73. The first kappa shape index (κ1) is 13.5. The van der Waals surface area contributed by atoms with Crippen molar-refractivity contribution in [2.24, 2.45) is 17.6 Å². The topological polar surface area (TPSA) is 55.1 Å². The van der Waals surface area contributed by atoms with E-state index in [0.29, 0.717) is 12.5 Å². The first-order valence-electron chi connectivity index (χ1n) is 6.53. The Kier molecular flexibility index (Phi) is 4.78. The first-order valence-corrected chi connectivity index (χ1v) is 6.53. The normalized spacial score (nSPS) is 21.8.